The molecule has 1 heterocycles. The number of hydrogen-bond donors (Lipinski definition) is 2. The average Bonchev–Trinajstić information content (AvgIpc) is 2.80. The molecule has 1 aromatic carbocycles. The first-order valence-corrected chi connectivity index (χ1v) is 9.14. The van der Waals surface area contributed by atoms with Crippen LogP contribution in [0.25, 0.3) is 0 Å². The molecule has 3 N–H and O–H groups in total. The third-order valence-electron chi connectivity index (χ3n) is 5.40. The summed E-state index contributed by atoms with van der Waals surface area (Å²) in [6.45, 7) is 3.81. The number of nitrogens with one attached hydrogen (secondary N) is 1. The van der Waals surface area contributed by atoms with Gasteiger partial charge >= 0.3 is 0 Å². The van der Waals surface area contributed by atoms with E-state index in [0.717, 1.165) is 17.3 Å². The van der Waals surface area contributed by atoms with Gasteiger partial charge in [-0.1, -0.05) is 37.8 Å². The lowest BCUT2D eigenvalue weighted by atomic mass is 9.97. The Kier molecular flexibility index (Phi) is 5.60. The van der Waals surface area contributed by atoms with Gasteiger partial charge in [-0.25, -0.2) is 0 Å². The van der Waals surface area contributed by atoms with Gasteiger partial charge in [0.05, 0.1) is 11.4 Å². The highest BCUT2D eigenvalue weighted by Crippen LogP contribution is 2.26. The van der Waals surface area contributed by atoms with Crippen molar-refractivity contribution in [3.8, 4) is 0 Å². The van der Waals surface area contributed by atoms with Crippen molar-refractivity contribution in [3.05, 3.63) is 24.3 Å². The predicted molar refractivity (Wildman–Crippen MR) is 95.1 cm³/mol. The fourth-order valence-electron chi connectivity index (χ4n) is 4.02. The smallest absolute Gasteiger partial charge is 0.0576 e. The van der Waals surface area contributed by atoms with Crippen LogP contribution in [0.2, 0.25) is 0 Å². The van der Waals surface area contributed by atoms with Crippen molar-refractivity contribution in [3.63, 3.8) is 0 Å². The number of para-hydroxylation sites is 2. The predicted octanol–water partition coefficient (Wildman–Crippen LogP) is 4.12. The minimum atomic E-state index is 0.579. The molecule has 0 unspecified atom stereocenters. The Hall–Kier alpha value is -1.22. The Bertz CT molecular complexity index is 444. The molecule has 1 aromatic rings. The highest BCUT2D eigenvalue weighted by Gasteiger charge is 2.22. The fourth-order valence-corrected chi connectivity index (χ4v) is 4.02. The van der Waals surface area contributed by atoms with Gasteiger partial charge in [0.25, 0.3) is 0 Å². The zero-order valence-electron chi connectivity index (χ0n) is 13.8. The van der Waals surface area contributed by atoms with Crippen LogP contribution in [-0.4, -0.2) is 30.6 Å². The number of likely N-dealkylation sites (tertiary alicyclic amines) is 1. The second kappa shape index (κ2) is 7.87. The Morgan fingerprint density at radius 2 is 1.64 bits per heavy atom. The van der Waals surface area contributed by atoms with Gasteiger partial charge in [-0.3, -0.25) is 0 Å². The highest BCUT2D eigenvalue weighted by atomic mass is 15.1. The van der Waals surface area contributed by atoms with Crippen LogP contribution >= 0.6 is 0 Å². The zero-order chi connectivity index (χ0) is 15.2. The number of piperidine rings is 1. The molecule has 0 bridgehead atoms. The van der Waals surface area contributed by atoms with Gasteiger partial charge in [0.2, 0.25) is 0 Å². The first kappa shape index (κ1) is 15.7. The first-order valence-electron chi connectivity index (χ1n) is 9.14. The molecule has 0 radical (unpaired) electrons. The molecular formula is C19H31N3. The summed E-state index contributed by atoms with van der Waals surface area (Å²) in [5, 5.41) is 3.63. The summed E-state index contributed by atoms with van der Waals surface area (Å²) >= 11 is 0. The van der Waals surface area contributed by atoms with E-state index in [1.54, 1.807) is 0 Å². The molecular weight excluding hydrogens is 270 g/mol. The maximum atomic E-state index is 6.03. The largest absolute Gasteiger partial charge is 0.397 e. The zero-order valence-corrected chi connectivity index (χ0v) is 13.8. The van der Waals surface area contributed by atoms with Crippen molar-refractivity contribution in [2.75, 3.05) is 30.7 Å². The molecule has 2 aliphatic rings. The molecule has 3 nitrogen and oxygen atoms in total. The monoisotopic (exact) mass is 301 g/mol. The summed E-state index contributed by atoms with van der Waals surface area (Å²) in [5.74, 6) is 0.955. The van der Waals surface area contributed by atoms with E-state index in [4.69, 9.17) is 5.73 Å². The van der Waals surface area contributed by atoms with Crippen molar-refractivity contribution in [2.24, 2.45) is 5.92 Å². The second-order valence-corrected chi connectivity index (χ2v) is 7.16. The lowest BCUT2D eigenvalue weighted by Crippen LogP contribution is -2.41. The molecule has 1 aliphatic heterocycles. The van der Waals surface area contributed by atoms with Crippen LogP contribution in [-0.2, 0) is 0 Å². The Morgan fingerprint density at radius 3 is 2.32 bits per heavy atom. The molecule has 1 aliphatic carbocycles. The SMILES string of the molecule is Nc1ccccc1NC1CCN(CC2CCCCCC2)CC1. The minimum absolute atomic E-state index is 0.579. The third-order valence-corrected chi connectivity index (χ3v) is 5.40. The number of nitrogens with zero attached hydrogens (tertiary/aromatic N) is 1. The normalized spacial score (nSPS) is 22.4. The van der Waals surface area contributed by atoms with E-state index in [-0.39, 0.29) is 0 Å². The summed E-state index contributed by atoms with van der Waals surface area (Å²) in [6, 6.07) is 8.70. The topological polar surface area (TPSA) is 41.3 Å². The van der Waals surface area contributed by atoms with Gasteiger partial charge in [0.15, 0.2) is 0 Å². The van der Waals surface area contributed by atoms with Crippen LogP contribution in [0.1, 0.15) is 51.4 Å². The van der Waals surface area contributed by atoms with Gasteiger partial charge in [0, 0.05) is 25.7 Å². The molecule has 0 spiro atoms. The number of rotatable bonds is 4. The van der Waals surface area contributed by atoms with Crippen LogP contribution in [0.15, 0.2) is 24.3 Å². The van der Waals surface area contributed by atoms with Crippen molar-refractivity contribution in [1.82, 2.24) is 4.90 Å². The van der Waals surface area contributed by atoms with E-state index in [9.17, 15) is 0 Å². The second-order valence-electron chi connectivity index (χ2n) is 7.16. The van der Waals surface area contributed by atoms with Gasteiger partial charge in [-0.2, -0.15) is 0 Å². The number of nitrogen functional groups attached to an aromatic ring is 1. The van der Waals surface area contributed by atoms with E-state index < -0.39 is 0 Å². The van der Waals surface area contributed by atoms with Crippen LogP contribution < -0.4 is 11.1 Å². The van der Waals surface area contributed by atoms with E-state index >= 15 is 0 Å². The van der Waals surface area contributed by atoms with Crippen molar-refractivity contribution >= 4 is 11.4 Å². The Labute approximate surface area is 135 Å². The molecule has 0 amide bonds. The summed E-state index contributed by atoms with van der Waals surface area (Å²) in [5.41, 5.74) is 8.00. The van der Waals surface area contributed by atoms with Crippen LogP contribution in [0, 0.1) is 5.92 Å². The van der Waals surface area contributed by atoms with Gasteiger partial charge in [-0.05, 0) is 43.7 Å². The molecule has 0 atom stereocenters. The molecule has 3 rings (SSSR count). The maximum absolute atomic E-state index is 6.03. The van der Waals surface area contributed by atoms with Crippen LogP contribution in [0.3, 0.4) is 0 Å². The van der Waals surface area contributed by atoms with Gasteiger partial charge in [0.1, 0.15) is 0 Å². The lowest BCUT2D eigenvalue weighted by Gasteiger charge is -2.35. The summed E-state index contributed by atoms with van der Waals surface area (Å²) in [7, 11) is 0. The molecule has 22 heavy (non-hydrogen) atoms. The number of benzene rings is 1. The van der Waals surface area contributed by atoms with Crippen molar-refractivity contribution in [2.45, 2.75) is 57.4 Å². The van der Waals surface area contributed by atoms with Gasteiger partial charge < -0.3 is 16.0 Å². The first-order chi connectivity index (χ1) is 10.8. The van der Waals surface area contributed by atoms with Crippen LogP contribution in [0.4, 0.5) is 11.4 Å². The molecule has 1 saturated heterocycles. The maximum Gasteiger partial charge on any atom is 0.0576 e. The lowest BCUT2D eigenvalue weighted by molar-refractivity contribution is 0.180. The average molecular weight is 301 g/mol. The Balaban J connectivity index is 1.43. The number of nitrogens with two attached hydrogens (primary N) is 1. The molecule has 122 valence electrons. The fraction of sp³-hybridized carbons (Fsp3) is 0.684. The number of hydrogen-bond acceptors (Lipinski definition) is 3. The highest BCUT2D eigenvalue weighted by molar-refractivity contribution is 5.65. The van der Waals surface area contributed by atoms with Crippen molar-refractivity contribution in [1.29, 1.82) is 0 Å². The molecule has 3 heteroatoms. The van der Waals surface area contributed by atoms with E-state index in [0.29, 0.717) is 6.04 Å². The summed E-state index contributed by atoms with van der Waals surface area (Å²) < 4.78 is 0. The summed E-state index contributed by atoms with van der Waals surface area (Å²) in [6.07, 6.45) is 11.2. The van der Waals surface area contributed by atoms with E-state index in [2.05, 4.69) is 22.3 Å². The molecule has 2 fully saturated rings. The van der Waals surface area contributed by atoms with E-state index in [1.807, 2.05) is 12.1 Å². The quantitative estimate of drug-likeness (QED) is 0.649. The molecule has 0 aromatic heterocycles. The standard InChI is InChI=1S/C19H31N3/c20-18-9-5-6-10-19(18)21-17-11-13-22(14-12-17)15-16-7-3-1-2-4-8-16/h5-6,9-10,16-17,21H,1-4,7-8,11-15,20H2. The number of anilines is 2. The van der Waals surface area contributed by atoms with E-state index in [1.165, 1.54) is 71.0 Å². The van der Waals surface area contributed by atoms with Crippen molar-refractivity contribution < 1.29 is 0 Å². The summed E-state index contributed by atoms with van der Waals surface area (Å²) in [4.78, 5) is 2.70. The molecule has 1 saturated carbocycles. The third kappa shape index (κ3) is 4.39. The minimum Gasteiger partial charge on any atom is -0.397 e. The Morgan fingerprint density at radius 1 is 0.955 bits per heavy atom. The van der Waals surface area contributed by atoms with Crippen LogP contribution in [0.5, 0.6) is 0 Å². The van der Waals surface area contributed by atoms with Gasteiger partial charge in [-0.15, -0.1) is 0 Å².